The number of carboxylic acid groups (broad SMARTS) is 1. The third-order valence-corrected chi connectivity index (χ3v) is 3.91. The van der Waals surface area contributed by atoms with Gasteiger partial charge >= 0.3 is 12.0 Å². The quantitative estimate of drug-likeness (QED) is 0.688. The molecule has 6 nitrogen and oxygen atoms in total. The molecule has 0 bridgehead atoms. The molecule has 2 atom stereocenters. The van der Waals surface area contributed by atoms with Crippen molar-refractivity contribution in [3.63, 3.8) is 0 Å². The summed E-state index contributed by atoms with van der Waals surface area (Å²) in [5.74, 6) is -1.11. The van der Waals surface area contributed by atoms with E-state index >= 15 is 0 Å². The van der Waals surface area contributed by atoms with Gasteiger partial charge in [0.05, 0.1) is 10.6 Å². The number of anilines is 1. The molecule has 0 radical (unpaired) electrons. The average Bonchev–Trinajstić information content (AvgIpc) is 2.41. The zero-order valence-electron chi connectivity index (χ0n) is 11.4. The van der Waals surface area contributed by atoms with Crippen molar-refractivity contribution in [1.29, 1.82) is 0 Å². The smallest absolute Gasteiger partial charge is 0.337 e. The Bertz CT molecular complexity index is 550. The summed E-state index contributed by atoms with van der Waals surface area (Å²) in [5, 5.41) is 14.4. The van der Waals surface area contributed by atoms with Crippen LogP contribution in [-0.4, -0.2) is 29.2 Å². The fourth-order valence-corrected chi connectivity index (χ4v) is 2.70. The average molecular weight is 312 g/mol. The van der Waals surface area contributed by atoms with Crippen molar-refractivity contribution in [2.75, 3.05) is 5.32 Å². The Morgan fingerprint density at radius 2 is 2.00 bits per heavy atom. The minimum absolute atomic E-state index is 0.00284. The minimum Gasteiger partial charge on any atom is -0.478 e. The molecule has 5 N–H and O–H groups in total. The van der Waals surface area contributed by atoms with Gasteiger partial charge < -0.3 is 21.5 Å². The van der Waals surface area contributed by atoms with Crippen LogP contribution in [0.15, 0.2) is 18.2 Å². The lowest BCUT2D eigenvalue weighted by Gasteiger charge is -2.29. The molecule has 2 amide bonds. The number of halogens is 1. The van der Waals surface area contributed by atoms with E-state index in [1.165, 1.54) is 18.2 Å². The zero-order valence-corrected chi connectivity index (χ0v) is 12.2. The molecule has 1 aromatic rings. The predicted molar refractivity (Wildman–Crippen MR) is 80.8 cm³/mol. The summed E-state index contributed by atoms with van der Waals surface area (Å²) in [5.41, 5.74) is 6.40. The first-order chi connectivity index (χ1) is 9.97. The van der Waals surface area contributed by atoms with Crippen LogP contribution in [0.2, 0.25) is 5.02 Å². The number of hydrogen-bond acceptors (Lipinski definition) is 3. The number of carbonyl (C=O) groups is 2. The summed E-state index contributed by atoms with van der Waals surface area (Å²) >= 11 is 5.85. The van der Waals surface area contributed by atoms with Gasteiger partial charge in [0.15, 0.2) is 0 Å². The predicted octanol–water partition coefficient (Wildman–Crippen LogP) is 2.43. The summed E-state index contributed by atoms with van der Waals surface area (Å²) in [6.45, 7) is 0. The van der Waals surface area contributed by atoms with Gasteiger partial charge in [-0.2, -0.15) is 0 Å². The first-order valence-electron chi connectivity index (χ1n) is 6.83. The van der Waals surface area contributed by atoms with Crippen LogP contribution in [-0.2, 0) is 0 Å². The third-order valence-electron chi connectivity index (χ3n) is 3.59. The summed E-state index contributed by atoms with van der Waals surface area (Å²) in [6, 6.07) is 3.83. The summed E-state index contributed by atoms with van der Waals surface area (Å²) in [7, 11) is 0. The largest absolute Gasteiger partial charge is 0.478 e. The van der Waals surface area contributed by atoms with Crippen LogP contribution in [0.4, 0.5) is 10.5 Å². The molecule has 2 rings (SSSR count). The highest BCUT2D eigenvalue weighted by Gasteiger charge is 2.23. The molecule has 1 fully saturated rings. The summed E-state index contributed by atoms with van der Waals surface area (Å²) in [4.78, 5) is 22.8. The molecule has 1 aliphatic rings. The van der Waals surface area contributed by atoms with E-state index < -0.39 is 5.97 Å². The van der Waals surface area contributed by atoms with Crippen molar-refractivity contribution in [2.24, 2.45) is 5.73 Å². The molecule has 1 saturated carbocycles. The van der Waals surface area contributed by atoms with Gasteiger partial charge in [0, 0.05) is 17.8 Å². The molecule has 0 spiro atoms. The highest BCUT2D eigenvalue weighted by molar-refractivity contribution is 6.33. The molecule has 1 aliphatic carbocycles. The molecule has 0 aromatic heterocycles. The Hall–Kier alpha value is -1.79. The Morgan fingerprint density at radius 1 is 1.29 bits per heavy atom. The normalized spacial score (nSPS) is 21.6. The van der Waals surface area contributed by atoms with Crippen molar-refractivity contribution in [2.45, 2.75) is 37.8 Å². The number of carbonyl (C=O) groups excluding carboxylic acids is 1. The van der Waals surface area contributed by atoms with Gasteiger partial charge in [0.2, 0.25) is 0 Å². The standard InChI is InChI=1S/C14H18ClN3O3/c15-10-7-8(5-6-9(10)13(19)20)17-14(21)18-12-4-2-1-3-11(12)16/h5-7,11-12H,1-4,16H2,(H,19,20)(H2,17,18,21). The number of hydrogen-bond donors (Lipinski definition) is 4. The summed E-state index contributed by atoms with van der Waals surface area (Å²) < 4.78 is 0. The van der Waals surface area contributed by atoms with Crippen LogP contribution >= 0.6 is 11.6 Å². The maximum absolute atomic E-state index is 11.9. The molecule has 21 heavy (non-hydrogen) atoms. The van der Waals surface area contributed by atoms with Crippen molar-refractivity contribution in [1.82, 2.24) is 5.32 Å². The highest BCUT2D eigenvalue weighted by Crippen LogP contribution is 2.21. The van der Waals surface area contributed by atoms with Gasteiger partial charge in [-0.3, -0.25) is 0 Å². The monoisotopic (exact) mass is 311 g/mol. The van der Waals surface area contributed by atoms with E-state index in [4.69, 9.17) is 22.4 Å². The van der Waals surface area contributed by atoms with Crippen LogP contribution in [0.3, 0.4) is 0 Å². The topological polar surface area (TPSA) is 104 Å². The molecular formula is C14H18ClN3O3. The number of benzene rings is 1. The first-order valence-corrected chi connectivity index (χ1v) is 7.21. The number of rotatable bonds is 3. The second-order valence-corrected chi connectivity index (χ2v) is 5.56. The van der Waals surface area contributed by atoms with E-state index in [9.17, 15) is 9.59 Å². The Morgan fingerprint density at radius 3 is 2.62 bits per heavy atom. The number of nitrogens with one attached hydrogen (secondary N) is 2. The number of aromatic carboxylic acids is 1. The van der Waals surface area contributed by atoms with Gasteiger partial charge in [-0.15, -0.1) is 0 Å². The fraction of sp³-hybridized carbons (Fsp3) is 0.429. The molecule has 7 heteroatoms. The van der Waals surface area contributed by atoms with Crippen LogP contribution in [0.25, 0.3) is 0 Å². The molecule has 2 unspecified atom stereocenters. The lowest BCUT2D eigenvalue weighted by Crippen LogP contribution is -2.50. The molecule has 0 saturated heterocycles. The zero-order chi connectivity index (χ0) is 15.4. The van der Waals surface area contributed by atoms with Crippen LogP contribution in [0.5, 0.6) is 0 Å². The van der Waals surface area contributed by atoms with Crippen LogP contribution in [0.1, 0.15) is 36.0 Å². The van der Waals surface area contributed by atoms with E-state index in [1.54, 1.807) is 0 Å². The van der Waals surface area contributed by atoms with E-state index in [0.717, 1.165) is 25.7 Å². The number of urea groups is 1. The van der Waals surface area contributed by atoms with Gasteiger partial charge in [-0.25, -0.2) is 9.59 Å². The van der Waals surface area contributed by atoms with Crippen molar-refractivity contribution >= 4 is 29.3 Å². The van der Waals surface area contributed by atoms with E-state index in [2.05, 4.69) is 10.6 Å². The Kier molecular flexibility index (Phi) is 5.03. The third kappa shape index (κ3) is 4.09. The van der Waals surface area contributed by atoms with E-state index in [0.29, 0.717) is 5.69 Å². The van der Waals surface area contributed by atoms with Gasteiger partial charge in [0.1, 0.15) is 0 Å². The van der Waals surface area contributed by atoms with Crippen molar-refractivity contribution in [3.05, 3.63) is 28.8 Å². The molecular weight excluding hydrogens is 294 g/mol. The fourth-order valence-electron chi connectivity index (χ4n) is 2.44. The maximum Gasteiger partial charge on any atom is 0.337 e. The molecule has 1 aromatic carbocycles. The Labute approximate surface area is 127 Å². The lowest BCUT2D eigenvalue weighted by molar-refractivity contribution is 0.0697. The lowest BCUT2D eigenvalue weighted by atomic mass is 9.91. The number of nitrogens with two attached hydrogens (primary N) is 1. The number of amides is 2. The van der Waals surface area contributed by atoms with Crippen molar-refractivity contribution < 1.29 is 14.7 Å². The number of carboxylic acids is 1. The highest BCUT2D eigenvalue weighted by atomic mass is 35.5. The van der Waals surface area contributed by atoms with Gasteiger partial charge in [-0.05, 0) is 31.0 Å². The SMILES string of the molecule is NC1CCCCC1NC(=O)Nc1ccc(C(=O)O)c(Cl)c1. The second-order valence-electron chi connectivity index (χ2n) is 5.15. The Balaban J connectivity index is 1.96. The molecule has 114 valence electrons. The maximum atomic E-state index is 11.9. The molecule has 0 heterocycles. The molecule has 0 aliphatic heterocycles. The summed E-state index contributed by atoms with van der Waals surface area (Å²) in [6.07, 6.45) is 3.92. The van der Waals surface area contributed by atoms with E-state index in [-0.39, 0.29) is 28.7 Å². The van der Waals surface area contributed by atoms with Crippen molar-refractivity contribution in [3.8, 4) is 0 Å². The van der Waals surface area contributed by atoms with Crippen LogP contribution < -0.4 is 16.4 Å². The first kappa shape index (κ1) is 15.6. The van der Waals surface area contributed by atoms with Gasteiger partial charge in [-0.1, -0.05) is 24.4 Å². The minimum atomic E-state index is -1.11. The van der Waals surface area contributed by atoms with E-state index in [1.807, 2.05) is 0 Å². The van der Waals surface area contributed by atoms with Gasteiger partial charge in [0.25, 0.3) is 0 Å². The van der Waals surface area contributed by atoms with Crippen LogP contribution in [0, 0.1) is 0 Å². The second kappa shape index (κ2) is 6.78.